The van der Waals surface area contributed by atoms with Crippen LogP contribution < -0.4 is 0 Å². The lowest BCUT2D eigenvalue weighted by molar-refractivity contribution is 0.263. The van der Waals surface area contributed by atoms with Crippen molar-refractivity contribution < 1.29 is 13.0 Å². The van der Waals surface area contributed by atoms with E-state index in [1.165, 1.54) is 0 Å². The molecule has 0 saturated heterocycles. The second-order valence-electron chi connectivity index (χ2n) is 4.06. The van der Waals surface area contributed by atoms with Crippen LogP contribution in [-0.4, -0.2) is 48.3 Å². The summed E-state index contributed by atoms with van der Waals surface area (Å²) >= 11 is 0. The largest absolute Gasteiger partial charge is 0.359 e. The van der Waals surface area contributed by atoms with Gasteiger partial charge in [-0.25, -0.2) is 0 Å². The molecule has 1 rings (SSSR count). The molecule has 0 atom stereocenters. The molecule has 0 aromatic heterocycles. The maximum atomic E-state index is 10.5. The van der Waals surface area contributed by atoms with Crippen molar-refractivity contribution >= 4 is 10.1 Å². The van der Waals surface area contributed by atoms with Crippen molar-refractivity contribution in [2.45, 2.75) is 26.2 Å². The SMILES string of the molecule is CCCN1C=CN(CCCCS(=O)(=O)O)C1. The molecule has 0 fully saturated rings. The van der Waals surface area contributed by atoms with Gasteiger partial charge in [-0.15, -0.1) is 0 Å². The standard InChI is InChI=1S/C10H20N2O3S/c1-2-5-11-7-8-12(10-11)6-3-4-9-16(13,14)15/h7-8H,2-6,9-10H2,1H3,(H,13,14,15). The van der Waals surface area contributed by atoms with Crippen LogP contribution in [0.25, 0.3) is 0 Å². The first-order chi connectivity index (χ1) is 7.51. The Kier molecular flexibility index (Phi) is 5.08. The van der Waals surface area contributed by atoms with Gasteiger partial charge in [-0.2, -0.15) is 8.42 Å². The van der Waals surface area contributed by atoms with E-state index in [1.807, 2.05) is 6.20 Å². The Morgan fingerprint density at radius 2 is 1.81 bits per heavy atom. The maximum Gasteiger partial charge on any atom is 0.264 e. The topological polar surface area (TPSA) is 60.9 Å². The summed E-state index contributed by atoms with van der Waals surface area (Å²) < 4.78 is 29.5. The zero-order chi connectivity index (χ0) is 12.0. The first-order valence-electron chi connectivity index (χ1n) is 5.63. The van der Waals surface area contributed by atoms with E-state index < -0.39 is 10.1 Å². The zero-order valence-corrected chi connectivity index (χ0v) is 10.5. The van der Waals surface area contributed by atoms with E-state index in [4.69, 9.17) is 4.55 Å². The van der Waals surface area contributed by atoms with Crippen LogP contribution in [0.5, 0.6) is 0 Å². The fourth-order valence-electron chi connectivity index (χ4n) is 1.69. The van der Waals surface area contributed by atoms with E-state index >= 15 is 0 Å². The Labute approximate surface area is 97.5 Å². The summed E-state index contributed by atoms with van der Waals surface area (Å²) in [6.45, 7) is 4.92. The highest BCUT2D eigenvalue weighted by Crippen LogP contribution is 2.08. The average molecular weight is 248 g/mol. The molecule has 0 unspecified atom stereocenters. The lowest BCUT2D eigenvalue weighted by Gasteiger charge is -2.20. The number of hydrogen-bond acceptors (Lipinski definition) is 4. The molecule has 0 saturated carbocycles. The highest BCUT2D eigenvalue weighted by molar-refractivity contribution is 7.85. The predicted molar refractivity (Wildman–Crippen MR) is 63.4 cm³/mol. The highest BCUT2D eigenvalue weighted by Gasteiger charge is 2.11. The van der Waals surface area contributed by atoms with Crippen molar-refractivity contribution in [1.29, 1.82) is 0 Å². The third-order valence-electron chi connectivity index (χ3n) is 2.46. The summed E-state index contributed by atoms with van der Waals surface area (Å²) in [5.41, 5.74) is 0. The van der Waals surface area contributed by atoms with E-state index in [0.717, 1.165) is 32.6 Å². The van der Waals surface area contributed by atoms with E-state index in [1.54, 1.807) is 0 Å². The van der Waals surface area contributed by atoms with Gasteiger partial charge in [0, 0.05) is 25.5 Å². The van der Waals surface area contributed by atoms with Crippen LogP contribution in [0.4, 0.5) is 0 Å². The lowest BCUT2D eigenvalue weighted by Crippen LogP contribution is -2.26. The molecule has 94 valence electrons. The van der Waals surface area contributed by atoms with Crippen LogP contribution in [0.1, 0.15) is 26.2 Å². The minimum atomic E-state index is -3.79. The molecule has 6 heteroatoms. The van der Waals surface area contributed by atoms with Crippen LogP contribution >= 0.6 is 0 Å². The second kappa shape index (κ2) is 6.10. The molecule has 0 amide bonds. The summed E-state index contributed by atoms with van der Waals surface area (Å²) in [7, 11) is -3.79. The van der Waals surface area contributed by atoms with Gasteiger partial charge >= 0.3 is 0 Å². The predicted octanol–water partition coefficient (Wildman–Crippen LogP) is 1.11. The number of hydrogen-bond donors (Lipinski definition) is 1. The molecule has 0 aromatic carbocycles. The molecule has 1 aliphatic rings. The van der Waals surface area contributed by atoms with Gasteiger partial charge in [0.15, 0.2) is 0 Å². The number of nitrogens with zero attached hydrogens (tertiary/aromatic N) is 2. The molecule has 1 N–H and O–H groups in total. The van der Waals surface area contributed by atoms with Gasteiger partial charge in [0.25, 0.3) is 10.1 Å². The summed E-state index contributed by atoms with van der Waals surface area (Å²) in [4.78, 5) is 4.38. The van der Waals surface area contributed by atoms with Crippen molar-refractivity contribution in [3.63, 3.8) is 0 Å². The van der Waals surface area contributed by atoms with Gasteiger partial charge in [-0.1, -0.05) is 6.92 Å². The Morgan fingerprint density at radius 3 is 2.38 bits per heavy atom. The summed E-state index contributed by atoms with van der Waals surface area (Å²) in [6.07, 6.45) is 6.51. The Bertz CT molecular complexity index is 327. The third-order valence-corrected chi connectivity index (χ3v) is 3.26. The first-order valence-corrected chi connectivity index (χ1v) is 7.24. The van der Waals surface area contributed by atoms with Gasteiger partial charge in [-0.05, 0) is 19.3 Å². The van der Waals surface area contributed by atoms with Gasteiger partial charge in [0.2, 0.25) is 0 Å². The second-order valence-corrected chi connectivity index (χ2v) is 5.63. The number of unbranched alkanes of at least 4 members (excludes halogenated alkanes) is 1. The molecule has 0 spiro atoms. The number of rotatable bonds is 7. The van der Waals surface area contributed by atoms with Crippen molar-refractivity contribution in [2.75, 3.05) is 25.5 Å². The average Bonchev–Trinajstić information content (AvgIpc) is 2.60. The fraction of sp³-hybridized carbons (Fsp3) is 0.800. The Hall–Kier alpha value is -0.750. The molecular weight excluding hydrogens is 228 g/mol. The molecule has 0 aliphatic carbocycles. The van der Waals surface area contributed by atoms with Crippen molar-refractivity contribution in [2.24, 2.45) is 0 Å². The molecular formula is C10H20N2O3S. The monoisotopic (exact) mass is 248 g/mol. The summed E-state index contributed by atoms with van der Waals surface area (Å²) in [6, 6.07) is 0. The minimum absolute atomic E-state index is 0.136. The quantitative estimate of drug-likeness (QED) is 0.540. The zero-order valence-electron chi connectivity index (χ0n) is 9.67. The van der Waals surface area contributed by atoms with Crippen LogP contribution in [0, 0.1) is 0 Å². The lowest BCUT2D eigenvalue weighted by atomic mass is 10.3. The van der Waals surface area contributed by atoms with E-state index in [-0.39, 0.29) is 5.75 Å². The van der Waals surface area contributed by atoms with Gasteiger partial charge in [0.1, 0.15) is 0 Å². The highest BCUT2D eigenvalue weighted by atomic mass is 32.2. The smallest absolute Gasteiger partial charge is 0.264 e. The molecule has 0 radical (unpaired) electrons. The van der Waals surface area contributed by atoms with Crippen LogP contribution in [0.15, 0.2) is 12.4 Å². The first kappa shape index (κ1) is 13.3. The van der Waals surface area contributed by atoms with Crippen molar-refractivity contribution in [3.05, 3.63) is 12.4 Å². The summed E-state index contributed by atoms with van der Waals surface area (Å²) in [5.74, 6) is -0.136. The normalized spacial score (nSPS) is 16.1. The molecule has 1 heterocycles. The van der Waals surface area contributed by atoms with E-state index in [9.17, 15) is 8.42 Å². The third kappa shape index (κ3) is 5.37. The van der Waals surface area contributed by atoms with Crippen molar-refractivity contribution in [3.8, 4) is 0 Å². The van der Waals surface area contributed by atoms with Crippen LogP contribution in [-0.2, 0) is 10.1 Å². The molecule has 0 aromatic rings. The Balaban J connectivity index is 2.10. The molecule has 1 aliphatic heterocycles. The fourth-order valence-corrected chi connectivity index (χ4v) is 2.26. The molecule has 0 bridgehead atoms. The molecule has 5 nitrogen and oxygen atoms in total. The van der Waals surface area contributed by atoms with E-state index in [2.05, 4.69) is 22.9 Å². The van der Waals surface area contributed by atoms with Crippen LogP contribution in [0.2, 0.25) is 0 Å². The van der Waals surface area contributed by atoms with E-state index in [0.29, 0.717) is 6.42 Å². The minimum Gasteiger partial charge on any atom is -0.359 e. The van der Waals surface area contributed by atoms with Gasteiger partial charge in [0.05, 0.1) is 12.4 Å². The Morgan fingerprint density at radius 1 is 1.19 bits per heavy atom. The van der Waals surface area contributed by atoms with Crippen molar-refractivity contribution in [1.82, 2.24) is 9.80 Å². The summed E-state index contributed by atoms with van der Waals surface area (Å²) in [5, 5.41) is 0. The molecule has 16 heavy (non-hydrogen) atoms. The van der Waals surface area contributed by atoms with Crippen LogP contribution in [0.3, 0.4) is 0 Å². The van der Waals surface area contributed by atoms with Gasteiger partial charge in [-0.3, -0.25) is 4.55 Å². The van der Waals surface area contributed by atoms with Gasteiger partial charge < -0.3 is 9.80 Å². The maximum absolute atomic E-state index is 10.5.